The number of anilines is 1. The lowest BCUT2D eigenvalue weighted by atomic mass is 9.86. The van der Waals surface area contributed by atoms with E-state index in [9.17, 15) is 18.5 Å². The van der Waals surface area contributed by atoms with Crippen molar-refractivity contribution in [3.63, 3.8) is 0 Å². The molecule has 1 unspecified atom stereocenters. The molecule has 184 valence electrons. The van der Waals surface area contributed by atoms with E-state index >= 15 is 0 Å². The fourth-order valence-electron chi connectivity index (χ4n) is 3.92. The first-order valence-corrected chi connectivity index (χ1v) is 13.1. The SMILES string of the molecule is CCC(/C=C/C#N)(c1ccc(Cl)cc1)n1ncc2c(N(C(=O)OC(C)(C)C)S(C)(=O)=O)cccc21. The number of rotatable bonds is 6. The molecule has 1 amide bonds. The van der Waals surface area contributed by atoms with Gasteiger partial charge in [-0.3, -0.25) is 4.68 Å². The number of ether oxygens (including phenoxy) is 1. The van der Waals surface area contributed by atoms with Crippen molar-refractivity contribution in [3.8, 4) is 6.07 Å². The van der Waals surface area contributed by atoms with Crippen LogP contribution in [0.1, 0.15) is 39.7 Å². The largest absolute Gasteiger partial charge is 0.443 e. The topological polar surface area (TPSA) is 105 Å². The lowest BCUT2D eigenvalue weighted by molar-refractivity contribution is 0.0609. The Hall–Kier alpha value is -3.35. The smallest absolute Gasteiger partial charge is 0.428 e. The molecule has 2 aromatic carbocycles. The van der Waals surface area contributed by atoms with Gasteiger partial charge in [0.15, 0.2) is 0 Å². The maximum absolute atomic E-state index is 12.9. The second-order valence-corrected chi connectivity index (χ2v) is 11.3. The van der Waals surface area contributed by atoms with Gasteiger partial charge in [0.2, 0.25) is 10.0 Å². The summed E-state index contributed by atoms with van der Waals surface area (Å²) in [6, 6.07) is 14.2. The monoisotopic (exact) mass is 514 g/mol. The molecule has 1 heterocycles. The Balaban J connectivity index is 2.30. The summed E-state index contributed by atoms with van der Waals surface area (Å²) in [6.45, 7) is 6.94. The number of carbonyl (C=O) groups excluding carboxylic acids is 1. The average Bonchev–Trinajstić information content (AvgIpc) is 3.19. The zero-order valence-corrected chi connectivity index (χ0v) is 21.8. The number of halogens is 1. The fraction of sp³-hybridized carbons (Fsp3) is 0.320. The molecular formula is C25H27ClN4O4S. The molecule has 0 saturated carbocycles. The Bertz CT molecular complexity index is 1420. The van der Waals surface area contributed by atoms with Gasteiger partial charge in [0.05, 0.1) is 29.7 Å². The van der Waals surface area contributed by atoms with Gasteiger partial charge in [-0.25, -0.2) is 13.2 Å². The number of hydrogen-bond acceptors (Lipinski definition) is 6. The third-order valence-electron chi connectivity index (χ3n) is 5.40. The van der Waals surface area contributed by atoms with Crippen LogP contribution >= 0.6 is 11.6 Å². The third kappa shape index (κ3) is 5.34. The van der Waals surface area contributed by atoms with Crippen LogP contribution in [0.5, 0.6) is 0 Å². The molecule has 0 fully saturated rings. The minimum Gasteiger partial charge on any atom is -0.443 e. The Morgan fingerprint density at radius 1 is 1.23 bits per heavy atom. The Morgan fingerprint density at radius 3 is 2.43 bits per heavy atom. The van der Waals surface area contributed by atoms with E-state index in [2.05, 4.69) is 5.10 Å². The van der Waals surface area contributed by atoms with Gasteiger partial charge in [-0.2, -0.15) is 14.7 Å². The van der Waals surface area contributed by atoms with E-state index in [1.165, 1.54) is 18.3 Å². The summed E-state index contributed by atoms with van der Waals surface area (Å²) >= 11 is 6.10. The van der Waals surface area contributed by atoms with E-state index < -0.39 is 27.3 Å². The number of hydrogen-bond donors (Lipinski definition) is 0. The van der Waals surface area contributed by atoms with Gasteiger partial charge in [0.1, 0.15) is 11.1 Å². The highest BCUT2D eigenvalue weighted by atomic mass is 35.5. The first kappa shape index (κ1) is 26.3. The predicted octanol–water partition coefficient (Wildman–Crippen LogP) is 5.62. The van der Waals surface area contributed by atoms with Crippen LogP contribution in [0, 0.1) is 11.3 Å². The summed E-state index contributed by atoms with van der Waals surface area (Å²) in [5, 5.41) is 14.9. The normalized spacial score (nSPS) is 14.0. The van der Waals surface area contributed by atoms with Crippen LogP contribution < -0.4 is 4.31 Å². The van der Waals surface area contributed by atoms with Gasteiger partial charge in [-0.15, -0.1) is 0 Å². The van der Waals surface area contributed by atoms with E-state index in [1.807, 2.05) is 25.1 Å². The molecule has 35 heavy (non-hydrogen) atoms. The molecule has 0 N–H and O–H groups in total. The highest BCUT2D eigenvalue weighted by Crippen LogP contribution is 2.38. The van der Waals surface area contributed by atoms with Crippen molar-refractivity contribution in [2.24, 2.45) is 0 Å². The molecule has 0 aliphatic heterocycles. The van der Waals surface area contributed by atoms with Crippen molar-refractivity contribution in [2.45, 2.75) is 45.3 Å². The van der Waals surface area contributed by atoms with Crippen LogP contribution in [0.2, 0.25) is 5.02 Å². The van der Waals surface area contributed by atoms with Crippen molar-refractivity contribution in [1.29, 1.82) is 5.26 Å². The van der Waals surface area contributed by atoms with Crippen molar-refractivity contribution in [3.05, 3.63) is 71.4 Å². The second-order valence-electron chi connectivity index (χ2n) is 9.02. The molecule has 1 aromatic heterocycles. The Morgan fingerprint density at radius 2 is 1.89 bits per heavy atom. The summed E-state index contributed by atoms with van der Waals surface area (Å²) in [5.74, 6) is 0. The molecule has 0 aliphatic carbocycles. The highest BCUT2D eigenvalue weighted by molar-refractivity contribution is 7.92. The molecule has 0 spiro atoms. The first-order valence-electron chi connectivity index (χ1n) is 10.9. The van der Waals surface area contributed by atoms with Gasteiger partial charge >= 0.3 is 6.09 Å². The summed E-state index contributed by atoms with van der Waals surface area (Å²) in [5.41, 5.74) is -0.248. The quantitative estimate of drug-likeness (QED) is 0.395. The number of aromatic nitrogens is 2. The molecular weight excluding hydrogens is 488 g/mol. The minimum absolute atomic E-state index is 0.121. The number of benzene rings is 2. The van der Waals surface area contributed by atoms with Gasteiger partial charge < -0.3 is 4.74 Å². The van der Waals surface area contributed by atoms with Gasteiger partial charge in [0, 0.05) is 16.5 Å². The van der Waals surface area contributed by atoms with Crippen LogP contribution in [-0.2, 0) is 20.3 Å². The van der Waals surface area contributed by atoms with Crippen molar-refractivity contribution in [1.82, 2.24) is 9.78 Å². The number of nitrogens with zero attached hydrogens (tertiary/aromatic N) is 4. The van der Waals surface area contributed by atoms with Crippen LogP contribution in [-0.4, -0.2) is 36.1 Å². The zero-order chi connectivity index (χ0) is 26.0. The lowest BCUT2D eigenvalue weighted by Gasteiger charge is -2.32. The maximum Gasteiger partial charge on any atom is 0.428 e. The highest BCUT2D eigenvalue weighted by Gasteiger charge is 2.35. The second kappa shape index (κ2) is 9.72. The summed E-state index contributed by atoms with van der Waals surface area (Å²) < 4.78 is 33.1. The molecule has 3 rings (SSSR count). The Labute approximate surface area is 210 Å². The number of fused-ring (bicyclic) bond motifs is 1. The van der Waals surface area contributed by atoms with E-state index in [1.54, 1.807) is 55.8 Å². The molecule has 10 heteroatoms. The number of sulfonamides is 1. The molecule has 0 bridgehead atoms. The van der Waals surface area contributed by atoms with E-state index in [0.29, 0.717) is 26.7 Å². The van der Waals surface area contributed by atoms with E-state index in [0.717, 1.165) is 11.8 Å². The van der Waals surface area contributed by atoms with Crippen LogP contribution in [0.25, 0.3) is 10.9 Å². The van der Waals surface area contributed by atoms with Gasteiger partial charge in [0.25, 0.3) is 0 Å². The van der Waals surface area contributed by atoms with Gasteiger partial charge in [-0.1, -0.05) is 36.7 Å². The number of carbonyl (C=O) groups is 1. The maximum atomic E-state index is 12.9. The zero-order valence-electron chi connectivity index (χ0n) is 20.2. The first-order chi connectivity index (χ1) is 16.3. The number of nitriles is 1. The van der Waals surface area contributed by atoms with E-state index in [-0.39, 0.29) is 5.69 Å². The average molecular weight is 515 g/mol. The van der Waals surface area contributed by atoms with Crippen LogP contribution in [0.4, 0.5) is 10.5 Å². The van der Waals surface area contributed by atoms with Gasteiger partial charge in [-0.05, 0) is 63.1 Å². The molecule has 8 nitrogen and oxygen atoms in total. The summed E-state index contributed by atoms with van der Waals surface area (Å²) in [4.78, 5) is 12.9. The molecule has 0 aliphatic rings. The Kier molecular flexibility index (Phi) is 7.29. The number of allylic oxidation sites excluding steroid dienone is 2. The summed E-state index contributed by atoms with van der Waals surface area (Å²) in [6.07, 6.45) is 5.10. The van der Waals surface area contributed by atoms with Crippen LogP contribution in [0.15, 0.2) is 60.8 Å². The fourth-order valence-corrected chi connectivity index (χ4v) is 4.87. The number of amides is 1. The predicted molar refractivity (Wildman–Crippen MR) is 137 cm³/mol. The van der Waals surface area contributed by atoms with Crippen molar-refractivity contribution < 1.29 is 17.9 Å². The molecule has 1 atom stereocenters. The standard InChI is InChI=1S/C25H27ClN4O4S/c1-6-25(15-8-16-27,18-11-13-19(26)14-12-18)30-22-10-7-9-21(20(22)17-28-30)29(35(5,32)33)23(31)34-24(2,3)4/h7-15,17H,6H2,1-5H3/b15-8+. The van der Waals surface area contributed by atoms with Crippen LogP contribution in [0.3, 0.4) is 0 Å². The van der Waals surface area contributed by atoms with E-state index in [4.69, 9.17) is 16.3 Å². The van der Waals surface area contributed by atoms with Crippen molar-refractivity contribution >= 4 is 44.3 Å². The van der Waals surface area contributed by atoms with Crippen molar-refractivity contribution in [2.75, 3.05) is 10.6 Å². The third-order valence-corrected chi connectivity index (χ3v) is 6.66. The molecule has 0 saturated heterocycles. The minimum atomic E-state index is -4.03. The summed E-state index contributed by atoms with van der Waals surface area (Å²) in [7, 11) is -4.03. The lowest BCUT2D eigenvalue weighted by Crippen LogP contribution is -2.40. The molecule has 3 aromatic rings. The molecule has 0 radical (unpaired) electrons.